The first-order valence-corrected chi connectivity index (χ1v) is 7.50. The average molecular weight is 346 g/mol. The number of hydrazine groups is 1. The molecule has 0 radical (unpaired) electrons. The summed E-state index contributed by atoms with van der Waals surface area (Å²) in [5.41, 5.74) is 3.77. The van der Waals surface area contributed by atoms with Crippen molar-refractivity contribution in [1.29, 1.82) is 0 Å². The van der Waals surface area contributed by atoms with E-state index in [-0.39, 0.29) is 6.04 Å². The van der Waals surface area contributed by atoms with Gasteiger partial charge in [0.1, 0.15) is 12.4 Å². The van der Waals surface area contributed by atoms with Gasteiger partial charge in [-0.1, -0.05) is 46.9 Å². The Kier molecular flexibility index (Phi) is 6.15. The third-order valence-electron chi connectivity index (χ3n) is 2.95. The third-order valence-corrected chi connectivity index (χ3v) is 3.92. The largest absolute Gasteiger partial charge is 0.492 e. The van der Waals surface area contributed by atoms with Gasteiger partial charge in [-0.05, 0) is 42.3 Å². The monoisotopic (exact) mass is 344 g/mol. The summed E-state index contributed by atoms with van der Waals surface area (Å²) in [5.74, 6) is 6.27. The molecule has 0 aliphatic rings. The fourth-order valence-electron chi connectivity index (χ4n) is 1.87. The van der Waals surface area contributed by atoms with Crippen molar-refractivity contribution in [1.82, 2.24) is 5.43 Å². The maximum Gasteiger partial charge on any atom is 0.120 e. The lowest BCUT2D eigenvalue weighted by atomic mass is 10.1. The van der Waals surface area contributed by atoms with Gasteiger partial charge in [-0.2, -0.15) is 0 Å². The molecule has 0 heterocycles. The van der Waals surface area contributed by atoms with Gasteiger partial charge in [0.15, 0.2) is 0 Å². The first kappa shape index (κ1) is 16.4. The van der Waals surface area contributed by atoms with E-state index in [1.54, 1.807) is 18.2 Å². The van der Waals surface area contributed by atoms with Gasteiger partial charge >= 0.3 is 0 Å². The lowest BCUT2D eigenvalue weighted by Crippen LogP contribution is -2.41. The second-order valence-corrected chi connectivity index (χ2v) is 5.84. The fourth-order valence-corrected chi connectivity index (χ4v) is 2.37. The number of ether oxygens (including phenoxy) is 1. The molecule has 6 heteroatoms. The van der Waals surface area contributed by atoms with Gasteiger partial charge in [-0.3, -0.25) is 11.3 Å². The predicted octanol–water partition coefficient (Wildman–Crippen LogP) is 4.10. The maximum atomic E-state index is 6.00. The number of benzene rings is 2. The Balaban J connectivity index is 1.95. The van der Waals surface area contributed by atoms with E-state index in [1.807, 2.05) is 24.3 Å². The molecular weight excluding hydrogens is 331 g/mol. The Hall–Kier alpha value is -0.970. The molecule has 2 rings (SSSR count). The summed E-state index contributed by atoms with van der Waals surface area (Å²) in [7, 11) is 0. The number of hydrogen-bond donors (Lipinski definition) is 2. The van der Waals surface area contributed by atoms with Crippen molar-refractivity contribution in [2.45, 2.75) is 12.5 Å². The summed E-state index contributed by atoms with van der Waals surface area (Å²) in [6, 6.07) is 12.7. The van der Waals surface area contributed by atoms with Gasteiger partial charge in [-0.15, -0.1) is 0 Å². The van der Waals surface area contributed by atoms with E-state index in [4.69, 9.17) is 45.4 Å². The summed E-state index contributed by atoms with van der Waals surface area (Å²) >= 11 is 17.8. The molecule has 0 amide bonds. The van der Waals surface area contributed by atoms with Crippen LogP contribution in [0.1, 0.15) is 5.56 Å². The van der Waals surface area contributed by atoms with Gasteiger partial charge in [0.2, 0.25) is 0 Å². The quantitative estimate of drug-likeness (QED) is 0.612. The number of halogens is 3. The number of nitrogens with two attached hydrogens (primary N) is 1. The number of nitrogens with one attached hydrogen (secondary N) is 1. The number of hydrogen-bond acceptors (Lipinski definition) is 3. The van der Waals surface area contributed by atoms with Crippen LogP contribution in [-0.4, -0.2) is 12.6 Å². The van der Waals surface area contributed by atoms with Crippen LogP contribution in [0.4, 0.5) is 0 Å². The Morgan fingerprint density at radius 1 is 1.05 bits per heavy atom. The van der Waals surface area contributed by atoms with Crippen LogP contribution in [0.2, 0.25) is 15.1 Å². The highest BCUT2D eigenvalue weighted by molar-refractivity contribution is 6.42. The molecule has 0 aliphatic heterocycles. The topological polar surface area (TPSA) is 47.3 Å². The zero-order chi connectivity index (χ0) is 15.2. The van der Waals surface area contributed by atoms with Gasteiger partial charge in [0.05, 0.1) is 16.1 Å². The fraction of sp³-hybridized carbons (Fsp3) is 0.200. The molecule has 3 nitrogen and oxygen atoms in total. The molecule has 0 bridgehead atoms. The highest BCUT2D eigenvalue weighted by atomic mass is 35.5. The molecule has 3 N–H and O–H groups in total. The summed E-state index contributed by atoms with van der Waals surface area (Å²) in [6.07, 6.45) is 0.675. The lowest BCUT2D eigenvalue weighted by molar-refractivity contribution is 0.264. The van der Waals surface area contributed by atoms with E-state index in [0.29, 0.717) is 33.8 Å². The minimum absolute atomic E-state index is 0.0544. The van der Waals surface area contributed by atoms with E-state index >= 15 is 0 Å². The minimum atomic E-state index is -0.0544. The number of rotatable bonds is 6. The van der Waals surface area contributed by atoms with Crippen LogP contribution in [0, 0.1) is 0 Å². The van der Waals surface area contributed by atoms with Crippen molar-refractivity contribution in [3.63, 3.8) is 0 Å². The Morgan fingerprint density at radius 2 is 1.86 bits per heavy atom. The van der Waals surface area contributed by atoms with E-state index in [9.17, 15) is 0 Å². The van der Waals surface area contributed by atoms with E-state index < -0.39 is 0 Å². The molecule has 21 heavy (non-hydrogen) atoms. The SMILES string of the molecule is NNC(COc1cccc(Cl)c1)Cc1ccc(Cl)c(Cl)c1. The second-order valence-electron chi connectivity index (χ2n) is 4.58. The van der Waals surface area contributed by atoms with Crippen LogP contribution < -0.4 is 16.0 Å². The summed E-state index contributed by atoms with van der Waals surface area (Å²) < 4.78 is 5.68. The Morgan fingerprint density at radius 3 is 2.52 bits per heavy atom. The predicted molar refractivity (Wildman–Crippen MR) is 88.2 cm³/mol. The molecule has 0 saturated heterocycles. The minimum Gasteiger partial charge on any atom is -0.492 e. The van der Waals surface area contributed by atoms with Gasteiger partial charge in [-0.25, -0.2) is 0 Å². The molecule has 0 fully saturated rings. The Labute approximate surface area is 138 Å². The van der Waals surface area contributed by atoms with Gasteiger partial charge < -0.3 is 4.74 Å². The first-order chi connectivity index (χ1) is 10.1. The van der Waals surface area contributed by atoms with Crippen LogP contribution in [0.3, 0.4) is 0 Å². The average Bonchev–Trinajstić information content (AvgIpc) is 2.47. The standard InChI is InChI=1S/C15H15Cl3N2O/c16-11-2-1-3-13(8-11)21-9-12(20-19)6-10-4-5-14(17)15(18)7-10/h1-5,7-8,12,20H,6,9,19H2. The molecule has 2 aromatic rings. The zero-order valence-electron chi connectivity index (χ0n) is 11.2. The summed E-state index contributed by atoms with van der Waals surface area (Å²) in [4.78, 5) is 0. The van der Waals surface area contributed by atoms with Crippen LogP contribution >= 0.6 is 34.8 Å². The van der Waals surface area contributed by atoms with Crippen molar-refractivity contribution >= 4 is 34.8 Å². The zero-order valence-corrected chi connectivity index (χ0v) is 13.4. The van der Waals surface area contributed by atoms with Crippen LogP contribution in [0.5, 0.6) is 5.75 Å². The molecule has 0 aromatic heterocycles. The van der Waals surface area contributed by atoms with Crippen LogP contribution in [-0.2, 0) is 6.42 Å². The third kappa shape index (κ3) is 5.06. The highest BCUT2D eigenvalue weighted by Crippen LogP contribution is 2.23. The molecular formula is C15H15Cl3N2O. The van der Waals surface area contributed by atoms with E-state index in [0.717, 1.165) is 5.56 Å². The van der Waals surface area contributed by atoms with Gasteiger partial charge in [0.25, 0.3) is 0 Å². The van der Waals surface area contributed by atoms with Crippen molar-refractivity contribution in [2.75, 3.05) is 6.61 Å². The Bertz CT molecular complexity index is 607. The van der Waals surface area contributed by atoms with Crippen molar-refractivity contribution in [3.8, 4) is 5.75 Å². The lowest BCUT2D eigenvalue weighted by Gasteiger charge is -2.17. The summed E-state index contributed by atoms with van der Waals surface area (Å²) in [5, 5.41) is 1.70. The first-order valence-electron chi connectivity index (χ1n) is 6.37. The normalized spacial score (nSPS) is 12.2. The smallest absolute Gasteiger partial charge is 0.120 e. The molecule has 0 saturated carbocycles. The van der Waals surface area contributed by atoms with Crippen molar-refractivity contribution < 1.29 is 4.74 Å². The van der Waals surface area contributed by atoms with Crippen LogP contribution in [0.25, 0.3) is 0 Å². The summed E-state index contributed by atoms with van der Waals surface area (Å²) in [6.45, 7) is 0.414. The molecule has 0 aliphatic carbocycles. The van der Waals surface area contributed by atoms with E-state index in [1.165, 1.54) is 0 Å². The molecule has 1 atom stereocenters. The van der Waals surface area contributed by atoms with E-state index in [2.05, 4.69) is 5.43 Å². The molecule has 2 aromatic carbocycles. The molecule has 1 unspecified atom stereocenters. The van der Waals surface area contributed by atoms with Crippen molar-refractivity contribution in [2.24, 2.45) is 5.84 Å². The van der Waals surface area contributed by atoms with Crippen molar-refractivity contribution in [3.05, 3.63) is 63.1 Å². The maximum absolute atomic E-state index is 6.00. The van der Waals surface area contributed by atoms with Crippen LogP contribution in [0.15, 0.2) is 42.5 Å². The molecule has 0 spiro atoms. The highest BCUT2D eigenvalue weighted by Gasteiger charge is 2.10. The second kappa shape index (κ2) is 7.87. The van der Waals surface area contributed by atoms with Gasteiger partial charge in [0, 0.05) is 5.02 Å². The molecule has 112 valence electrons.